The first kappa shape index (κ1) is 15.4. The van der Waals surface area contributed by atoms with Crippen LogP contribution in [0.1, 0.15) is 30.0 Å². The van der Waals surface area contributed by atoms with Gasteiger partial charge in [-0.2, -0.15) is 13.2 Å². The van der Waals surface area contributed by atoms with Gasteiger partial charge in [-0.25, -0.2) is 4.99 Å². The van der Waals surface area contributed by atoms with Gasteiger partial charge in [-0.1, -0.05) is 28.8 Å². The van der Waals surface area contributed by atoms with E-state index in [1.165, 1.54) is 13.0 Å². The lowest BCUT2D eigenvalue weighted by Crippen LogP contribution is -2.09. The third-order valence-electron chi connectivity index (χ3n) is 3.27. The fraction of sp³-hybridized carbons (Fsp3) is 0.357. The summed E-state index contributed by atoms with van der Waals surface area (Å²) in [7, 11) is 0. The molecule has 0 unspecified atom stereocenters. The number of nitrogens with zero attached hydrogens (tertiary/aromatic N) is 1. The maximum atomic E-state index is 12.9. The predicted octanol–water partition coefficient (Wildman–Crippen LogP) is 5.74. The number of fused-ring (bicyclic) bond motifs is 1. The summed E-state index contributed by atoms with van der Waals surface area (Å²) in [4.78, 5) is 4.14. The summed E-state index contributed by atoms with van der Waals surface area (Å²) in [6.45, 7) is 3.21. The molecule has 1 heterocycles. The first-order valence-corrected chi connectivity index (χ1v) is 6.76. The van der Waals surface area contributed by atoms with E-state index < -0.39 is 11.7 Å². The molecule has 6 heteroatoms. The molecule has 20 heavy (non-hydrogen) atoms. The average molecular weight is 322 g/mol. The second kappa shape index (κ2) is 5.41. The number of halogens is 5. The van der Waals surface area contributed by atoms with Crippen LogP contribution in [0.25, 0.3) is 0 Å². The summed E-state index contributed by atoms with van der Waals surface area (Å²) in [6, 6.07) is 2.57. The molecule has 0 aromatic heterocycles. The minimum Gasteiger partial charge on any atom is -0.235 e. The Bertz CT molecular complexity index is 616. The summed E-state index contributed by atoms with van der Waals surface area (Å²) in [6.07, 6.45) is -3.36. The highest BCUT2D eigenvalue weighted by atomic mass is 35.5. The molecule has 1 aliphatic heterocycles. The molecule has 1 aromatic carbocycles. The number of allylic oxidation sites excluding steroid dienone is 2. The molecule has 0 spiro atoms. The molecule has 1 aliphatic rings. The van der Waals surface area contributed by atoms with Crippen LogP contribution in [0.15, 0.2) is 27.7 Å². The van der Waals surface area contributed by atoms with Crippen LogP contribution in [0, 0.1) is 6.92 Å². The van der Waals surface area contributed by atoms with E-state index in [0.717, 1.165) is 11.6 Å². The van der Waals surface area contributed by atoms with Gasteiger partial charge in [0.05, 0.1) is 16.3 Å². The highest BCUT2D eigenvalue weighted by Gasteiger charge is 2.33. The van der Waals surface area contributed by atoms with Gasteiger partial charge in [0.1, 0.15) is 5.17 Å². The van der Waals surface area contributed by atoms with Crippen molar-refractivity contribution >= 4 is 34.1 Å². The van der Waals surface area contributed by atoms with E-state index in [4.69, 9.17) is 23.2 Å². The van der Waals surface area contributed by atoms with E-state index in [2.05, 4.69) is 4.99 Å². The van der Waals surface area contributed by atoms with Crippen molar-refractivity contribution in [2.75, 3.05) is 0 Å². The Morgan fingerprint density at radius 1 is 1.10 bits per heavy atom. The van der Waals surface area contributed by atoms with E-state index in [0.29, 0.717) is 29.1 Å². The van der Waals surface area contributed by atoms with E-state index in [1.807, 2.05) is 0 Å². The largest absolute Gasteiger partial charge is 0.416 e. The van der Waals surface area contributed by atoms with Crippen molar-refractivity contribution in [3.05, 3.63) is 39.4 Å². The summed E-state index contributed by atoms with van der Waals surface area (Å²) in [5.41, 5.74) is 1.30. The van der Waals surface area contributed by atoms with Crippen molar-refractivity contribution in [1.82, 2.24) is 0 Å². The second-order valence-corrected chi connectivity index (χ2v) is 5.53. The Labute approximate surface area is 125 Å². The molecule has 108 valence electrons. The summed E-state index contributed by atoms with van der Waals surface area (Å²) in [5, 5.41) is 0.485. The zero-order valence-electron chi connectivity index (χ0n) is 10.9. The summed E-state index contributed by atoms with van der Waals surface area (Å²) < 4.78 is 38.8. The van der Waals surface area contributed by atoms with E-state index in [1.54, 1.807) is 6.92 Å². The standard InChI is InChI=1S/C14H12Cl2F3N/c1-7-3-4-9-6-10(14(17,18)19)8(2)5-11(9)20-13(16)12(7)15/h5-6H,3-4H2,1-2H3. The Balaban J connectivity index is 2.60. The molecule has 0 N–H and O–H groups in total. The molecular weight excluding hydrogens is 310 g/mol. The number of alkyl halides is 3. The van der Waals surface area contributed by atoms with Crippen molar-refractivity contribution in [3.63, 3.8) is 0 Å². The number of benzene rings is 1. The first-order valence-electron chi connectivity index (χ1n) is 6.00. The fourth-order valence-electron chi connectivity index (χ4n) is 2.11. The highest BCUT2D eigenvalue weighted by Crippen LogP contribution is 2.37. The monoisotopic (exact) mass is 321 g/mol. The number of rotatable bonds is 0. The molecule has 0 bridgehead atoms. The van der Waals surface area contributed by atoms with Gasteiger partial charge in [0.15, 0.2) is 0 Å². The van der Waals surface area contributed by atoms with Crippen LogP contribution in [0.2, 0.25) is 0 Å². The lowest BCUT2D eigenvalue weighted by Gasteiger charge is -2.17. The molecule has 1 aromatic rings. The van der Waals surface area contributed by atoms with Crippen molar-refractivity contribution in [2.45, 2.75) is 32.9 Å². The van der Waals surface area contributed by atoms with E-state index in [9.17, 15) is 13.2 Å². The van der Waals surface area contributed by atoms with E-state index in [-0.39, 0.29) is 10.7 Å². The normalized spacial score (nSPS) is 16.4. The quantitative estimate of drug-likeness (QED) is 0.577. The Morgan fingerprint density at radius 3 is 2.35 bits per heavy atom. The van der Waals surface area contributed by atoms with Crippen molar-refractivity contribution in [1.29, 1.82) is 0 Å². The van der Waals surface area contributed by atoms with Gasteiger partial charge in [0.25, 0.3) is 0 Å². The molecule has 1 nitrogen and oxygen atoms in total. The van der Waals surface area contributed by atoms with Gasteiger partial charge in [0, 0.05) is 0 Å². The molecule has 0 fully saturated rings. The van der Waals surface area contributed by atoms with Crippen LogP contribution in [0.5, 0.6) is 0 Å². The molecule has 0 saturated heterocycles. The Morgan fingerprint density at radius 2 is 1.75 bits per heavy atom. The van der Waals surface area contributed by atoms with Gasteiger partial charge >= 0.3 is 6.18 Å². The zero-order chi connectivity index (χ0) is 15.1. The predicted molar refractivity (Wildman–Crippen MR) is 76.0 cm³/mol. The van der Waals surface area contributed by atoms with Gasteiger partial charge in [0.2, 0.25) is 0 Å². The van der Waals surface area contributed by atoms with Crippen LogP contribution >= 0.6 is 23.2 Å². The highest BCUT2D eigenvalue weighted by molar-refractivity contribution is 6.76. The molecule has 2 rings (SSSR count). The van der Waals surface area contributed by atoms with Crippen LogP contribution in [-0.4, -0.2) is 5.17 Å². The van der Waals surface area contributed by atoms with Crippen LogP contribution in [0.3, 0.4) is 0 Å². The number of hydrogen-bond acceptors (Lipinski definition) is 1. The van der Waals surface area contributed by atoms with Crippen molar-refractivity contribution in [3.8, 4) is 0 Å². The number of aliphatic imine (C=N–C) groups is 1. The average Bonchev–Trinajstić information content (AvgIpc) is 2.33. The maximum Gasteiger partial charge on any atom is 0.416 e. The van der Waals surface area contributed by atoms with Gasteiger partial charge in [-0.05, 0) is 49.9 Å². The fourth-order valence-corrected chi connectivity index (χ4v) is 2.50. The SMILES string of the molecule is CC1=C(Cl)C(Cl)=Nc2cc(C)c(C(F)(F)F)cc2CC1. The van der Waals surface area contributed by atoms with Crippen molar-refractivity contribution < 1.29 is 13.2 Å². The Hall–Kier alpha value is -1.00. The van der Waals surface area contributed by atoms with Crippen LogP contribution < -0.4 is 0 Å². The maximum absolute atomic E-state index is 12.9. The first-order chi connectivity index (χ1) is 9.20. The molecule has 0 atom stereocenters. The topological polar surface area (TPSA) is 12.4 Å². The smallest absolute Gasteiger partial charge is 0.235 e. The van der Waals surface area contributed by atoms with Gasteiger partial charge in [-0.15, -0.1) is 0 Å². The molecule has 0 aliphatic carbocycles. The Kier molecular flexibility index (Phi) is 4.17. The number of hydrogen-bond donors (Lipinski definition) is 0. The molecule has 0 amide bonds. The van der Waals surface area contributed by atoms with Crippen molar-refractivity contribution in [2.24, 2.45) is 4.99 Å². The molecule has 0 radical (unpaired) electrons. The lowest BCUT2D eigenvalue weighted by atomic mass is 9.97. The third kappa shape index (κ3) is 3.01. The summed E-state index contributed by atoms with van der Waals surface area (Å²) >= 11 is 12.0. The third-order valence-corrected chi connectivity index (χ3v) is 4.15. The zero-order valence-corrected chi connectivity index (χ0v) is 12.4. The van der Waals surface area contributed by atoms with E-state index >= 15 is 0 Å². The van der Waals surface area contributed by atoms with Gasteiger partial charge in [-0.3, -0.25) is 0 Å². The number of aryl methyl sites for hydroxylation is 2. The minimum absolute atomic E-state index is 0.115. The summed E-state index contributed by atoms with van der Waals surface area (Å²) in [5.74, 6) is 0. The minimum atomic E-state index is -4.36. The van der Waals surface area contributed by atoms with Crippen LogP contribution in [-0.2, 0) is 12.6 Å². The van der Waals surface area contributed by atoms with Crippen LogP contribution in [0.4, 0.5) is 18.9 Å². The lowest BCUT2D eigenvalue weighted by molar-refractivity contribution is -0.138. The van der Waals surface area contributed by atoms with Gasteiger partial charge < -0.3 is 0 Å². The molecular formula is C14H12Cl2F3N. The second-order valence-electron chi connectivity index (χ2n) is 4.79. The molecule has 0 saturated carbocycles.